The molecule has 0 atom stereocenters. The van der Waals surface area contributed by atoms with Gasteiger partial charge in [0.05, 0.1) is 11.8 Å². The molecule has 5 nitrogen and oxygen atoms in total. The predicted molar refractivity (Wildman–Crippen MR) is 100 cm³/mol. The van der Waals surface area contributed by atoms with Gasteiger partial charge in [0, 0.05) is 29.3 Å². The summed E-state index contributed by atoms with van der Waals surface area (Å²) in [6.07, 6.45) is 6.84. The van der Waals surface area contributed by atoms with Crippen molar-refractivity contribution in [1.29, 1.82) is 0 Å². The van der Waals surface area contributed by atoms with Crippen molar-refractivity contribution in [3.05, 3.63) is 90.6 Å². The quantitative estimate of drug-likeness (QED) is 0.584. The second-order valence-electron chi connectivity index (χ2n) is 5.95. The number of nitrogens with zero attached hydrogens (tertiary/aromatic N) is 2. The standard InChI is InChI=1S/C21H17N3O2/c1-15-5-2-3-8-19(15)23-21(25)16-6-4-7-18(13-16)24-11-10-22-20(24)17-9-12-26-14-17/h2-14H,1H3,(H,23,25). The Morgan fingerprint density at radius 1 is 1.12 bits per heavy atom. The van der Waals surface area contributed by atoms with E-state index in [9.17, 15) is 4.79 Å². The Bertz CT molecular complexity index is 1050. The molecule has 2 aromatic heterocycles. The highest BCUT2D eigenvalue weighted by molar-refractivity contribution is 6.05. The Hall–Kier alpha value is -3.60. The summed E-state index contributed by atoms with van der Waals surface area (Å²) in [5.41, 5.74) is 4.15. The lowest BCUT2D eigenvalue weighted by Gasteiger charge is -2.11. The largest absolute Gasteiger partial charge is 0.472 e. The molecule has 4 aromatic rings. The Morgan fingerprint density at radius 3 is 2.81 bits per heavy atom. The van der Waals surface area contributed by atoms with E-state index in [1.165, 1.54) is 0 Å². The van der Waals surface area contributed by atoms with Gasteiger partial charge in [0.2, 0.25) is 0 Å². The van der Waals surface area contributed by atoms with E-state index >= 15 is 0 Å². The van der Waals surface area contributed by atoms with Crippen molar-refractivity contribution in [2.45, 2.75) is 6.92 Å². The average Bonchev–Trinajstić information content (AvgIpc) is 3.35. The third-order valence-corrected chi connectivity index (χ3v) is 4.20. The van der Waals surface area contributed by atoms with E-state index in [1.807, 2.05) is 66.2 Å². The zero-order valence-corrected chi connectivity index (χ0v) is 14.2. The van der Waals surface area contributed by atoms with Crippen LogP contribution in [-0.4, -0.2) is 15.5 Å². The van der Waals surface area contributed by atoms with E-state index in [-0.39, 0.29) is 5.91 Å². The van der Waals surface area contributed by atoms with E-state index in [2.05, 4.69) is 10.3 Å². The molecule has 4 rings (SSSR count). The van der Waals surface area contributed by atoms with Crippen molar-refractivity contribution in [2.24, 2.45) is 0 Å². The molecule has 0 spiro atoms. The van der Waals surface area contributed by atoms with Gasteiger partial charge in [-0.1, -0.05) is 24.3 Å². The molecular weight excluding hydrogens is 326 g/mol. The third-order valence-electron chi connectivity index (χ3n) is 4.20. The first-order valence-electron chi connectivity index (χ1n) is 8.26. The van der Waals surface area contributed by atoms with Crippen molar-refractivity contribution in [3.8, 4) is 17.1 Å². The van der Waals surface area contributed by atoms with Crippen LogP contribution in [0.3, 0.4) is 0 Å². The van der Waals surface area contributed by atoms with Gasteiger partial charge in [0.25, 0.3) is 5.91 Å². The highest BCUT2D eigenvalue weighted by Gasteiger charge is 2.12. The van der Waals surface area contributed by atoms with E-state index in [0.29, 0.717) is 5.56 Å². The van der Waals surface area contributed by atoms with Crippen LogP contribution >= 0.6 is 0 Å². The van der Waals surface area contributed by atoms with Gasteiger partial charge in [0.1, 0.15) is 12.1 Å². The summed E-state index contributed by atoms with van der Waals surface area (Å²) < 4.78 is 7.08. The van der Waals surface area contributed by atoms with Crippen molar-refractivity contribution in [2.75, 3.05) is 5.32 Å². The van der Waals surface area contributed by atoms with Crippen LogP contribution in [0.15, 0.2) is 83.9 Å². The molecule has 0 aliphatic rings. The first-order valence-corrected chi connectivity index (χ1v) is 8.26. The number of amides is 1. The number of hydrogen-bond donors (Lipinski definition) is 1. The maximum atomic E-state index is 12.7. The lowest BCUT2D eigenvalue weighted by atomic mass is 10.1. The van der Waals surface area contributed by atoms with Gasteiger partial charge in [-0.2, -0.15) is 0 Å². The number of carbonyl (C=O) groups excluding carboxylic acids is 1. The fourth-order valence-corrected chi connectivity index (χ4v) is 2.82. The molecule has 0 unspecified atom stereocenters. The highest BCUT2D eigenvalue weighted by atomic mass is 16.3. The van der Waals surface area contributed by atoms with Crippen LogP contribution in [0.25, 0.3) is 17.1 Å². The minimum atomic E-state index is -0.147. The van der Waals surface area contributed by atoms with Crippen LogP contribution in [0, 0.1) is 6.92 Å². The summed E-state index contributed by atoms with van der Waals surface area (Å²) in [6, 6.07) is 17.0. The van der Waals surface area contributed by atoms with Gasteiger partial charge in [-0.25, -0.2) is 4.98 Å². The Labute approximate surface area is 150 Å². The van der Waals surface area contributed by atoms with Crippen LogP contribution in [0.1, 0.15) is 15.9 Å². The maximum Gasteiger partial charge on any atom is 0.255 e. The van der Waals surface area contributed by atoms with Gasteiger partial charge >= 0.3 is 0 Å². The fraction of sp³-hybridized carbons (Fsp3) is 0.0476. The van der Waals surface area contributed by atoms with Gasteiger partial charge in [-0.05, 0) is 42.8 Å². The minimum absolute atomic E-state index is 0.147. The van der Waals surface area contributed by atoms with Crippen molar-refractivity contribution < 1.29 is 9.21 Å². The first-order chi connectivity index (χ1) is 12.7. The van der Waals surface area contributed by atoms with E-state index in [0.717, 1.165) is 28.3 Å². The van der Waals surface area contributed by atoms with Crippen LogP contribution in [-0.2, 0) is 0 Å². The molecule has 0 aliphatic heterocycles. The zero-order valence-electron chi connectivity index (χ0n) is 14.2. The number of imidazole rings is 1. The average molecular weight is 343 g/mol. The normalized spacial score (nSPS) is 10.7. The smallest absolute Gasteiger partial charge is 0.255 e. The zero-order chi connectivity index (χ0) is 17.9. The van der Waals surface area contributed by atoms with Gasteiger partial charge < -0.3 is 9.73 Å². The molecule has 2 aromatic carbocycles. The lowest BCUT2D eigenvalue weighted by Crippen LogP contribution is -2.13. The number of aromatic nitrogens is 2. The number of aryl methyl sites for hydroxylation is 1. The molecule has 0 radical (unpaired) electrons. The number of nitrogens with one attached hydrogen (secondary N) is 1. The molecule has 2 heterocycles. The molecule has 0 bridgehead atoms. The van der Waals surface area contributed by atoms with E-state index < -0.39 is 0 Å². The predicted octanol–water partition coefficient (Wildman–Crippen LogP) is 4.69. The molecule has 128 valence electrons. The molecule has 0 saturated carbocycles. The van der Waals surface area contributed by atoms with E-state index in [4.69, 9.17) is 4.42 Å². The highest BCUT2D eigenvalue weighted by Crippen LogP contribution is 2.23. The topological polar surface area (TPSA) is 60.1 Å². The monoisotopic (exact) mass is 343 g/mol. The summed E-state index contributed by atoms with van der Waals surface area (Å²) in [4.78, 5) is 17.0. The molecule has 0 saturated heterocycles. The minimum Gasteiger partial charge on any atom is -0.472 e. The van der Waals surface area contributed by atoms with Gasteiger partial charge in [-0.3, -0.25) is 9.36 Å². The number of para-hydroxylation sites is 1. The Kier molecular flexibility index (Phi) is 4.11. The number of hydrogen-bond acceptors (Lipinski definition) is 3. The SMILES string of the molecule is Cc1ccccc1NC(=O)c1cccc(-n2ccnc2-c2ccoc2)c1. The Balaban J connectivity index is 1.65. The molecule has 26 heavy (non-hydrogen) atoms. The first kappa shape index (κ1) is 15.9. The second-order valence-corrected chi connectivity index (χ2v) is 5.95. The second kappa shape index (κ2) is 6.72. The number of carbonyl (C=O) groups is 1. The summed E-state index contributed by atoms with van der Waals surface area (Å²) in [5, 5.41) is 2.96. The third kappa shape index (κ3) is 3.02. The number of benzene rings is 2. The van der Waals surface area contributed by atoms with Crippen molar-refractivity contribution in [1.82, 2.24) is 9.55 Å². The number of furan rings is 1. The summed E-state index contributed by atoms with van der Waals surface area (Å²) in [7, 11) is 0. The van der Waals surface area contributed by atoms with Crippen molar-refractivity contribution >= 4 is 11.6 Å². The van der Waals surface area contributed by atoms with E-state index in [1.54, 1.807) is 24.8 Å². The molecule has 1 amide bonds. The summed E-state index contributed by atoms with van der Waals surface area (Å²) in [6.45, 7) is 1.97. The van der Waals surface area contributed by atoms with Crippen LogP contribution in [0.4, 0.5) is 5.69 Å². The fourth-order valence-electron chi connectivity index (χ4n) is 2.82. The number of anilines is 1. The molecule has 5 heteroatoms. The van der Waals surface area contributed by atoms with Crippen LogP contribution < -0.4 is 5.32 Å². The molecule has 1 N–H and O–H groups in total. The lowest BCUT2D eigenvalue weighted by molar-refractivity contribution is 0.102. The van der Waals surface area contributed by atoms with Crippen LogP contribution in [0.5, 0.6) is 0 Å². The van der Waals surface area contributed by atoms with Gasteiger partial charge in [-0.15, -0.1) is 0 Å². The molecular formula is C21H17N3O2. The maximum absolute atomic E-state index is 12.7. The number of rotatable bonds is 4. The summed E-state index contributed by atoms with van der Waals surface area (Å²) in [5.74, 6) is 0.612. The molecule has 0 aliphatic carbocycles. The van der Waals surface area contributed by atoms with Crippen molar-refractivity contribution in [3.63, 3.8) is 0 Å². The van der Waals surface area contributed by atoms with Gasteiger partial charge in [0.15, 0.2) is 0 Å². The van der Waals surface area contributed by atoms with Crippen LogP contribution in [0.2, 0.25) is 0 Å². The Morgan fingerprint density at radius 2 is 2.00 bits per heavy atom. The molecule has 0 fully saturated rings. The summed E-state index contributed by atoms with van der Waals surface area (Å²) >= 11 is 0.